The van der Waals surface area contributed by atoms with Gasteiger partial charge < -0.3 is 19.4 Å². The smallest absolute Gasteiger partial charge is 0.449 e. The summed E-state index contributed by atoms with van der Waals surface area (Å²) in [5.74, 6) is -0.0336. The lowest BCUT2D eigenvalue weighted by Crippen LogP contribution is -2.41. The fourth-order valence-electron chi connectivity index (χ4n) is 4.90. The van der Waals surface area contributed by atoms with E-state index in [0.29, 0.717) is 26.1 Å². The number of nitrogens with one attached hydrogen (secondary N) is 1. The molecule has 1 fully saturated rings. The fourth-order valence-corrected chi connectivity index (χ4v) is 5.57. The largest absolute Gasteiger partial charge is 0.492 e. The molecule has 1 aliphatic carbocycles. The highest BCUT2D eigenvalue weighted by molar-refractivity contribution is 6.56. The van der Waals surface area contributed by atoms with Gasteiger partial charge in [-0.05, 0) is 73.1 Å². The summed E-state index contributed by atoms with van der Waals surface area (Å²) in [6, 6.07) is 19.7. The van der Waals surface area contributed by atoms with E-state index in [0.717, 1.165) is 11.1 Å². The van der Waals surface area contributed by atoms with Gasteiger partial charge in [-0.2, -0.15) is 0 Å². The molecule has 0 atom stereocenters. The maximum Gasteiger partial charge on any atom is 0.492 e. The number of hydrogen-bond acceptors (Lipinski definition) is 4. The van der Waals surface area contributed by atoms with Crippen molar-refractivity contribution in [1.29, 1.82) is 0 Å². The molecule has 2 aliphatic rings. The Bertz CT molecular complexity index is 1390. The lowest BCUT2D eigenvalue weighted by Gasteiger charge is -2.32. The third-order valence-corrected chi connectivity index (χ3v) is 8.73. The summed E-state index contributed by atoms with van der Waals surface area (Å²) in [5.41, 5.74) is 4.73. The minimum absolute atomic E-state index is 0.0336. The highest BCUT2D eigenvalue weighted by atomic mass is 35.5. The first kappa shape index (κ1) is 28.1. The normalized spacial score (nSPS) is 17.6. The number of halogens is 3. The molecule has 39 heavy (non-hydrogen) atoms. The Labute approximate surface area is 244 Å². The molecule has 202 valence electrons. The highest BCUT2D eigenvalue weighted by Crippen LogP contribution is 2.44. The molecule has 0 spiro atoms. The second kappa shape index (κ2) is 10.8. The molecule has 1 aliphatic heterocycles. The first-order valence-electron chi connectivity index (χ1n) is 12.8. The minimum atomic E-state index is -0.724. The van der Waals surface area contributed by atoms with Crippen LogP contribution in [0.25, 0.3) is 17.2 Å². The van der Waals surface area contributed by atoms with E-state index in [1.54, 1.807) is 18.2 Å². The number of amides is 1. The Morgan fingerprint density at radius 1 is 0.949 bits per heavy atom. The first-order chi connectivity index (χ1) is 18.5. The number of carbonyl (C=O) groups is 1. The summed E-state index contributed by atoms with van der Waals surface area (Å²) in [7, 11) is -0.724. The molecule has 5 nitrogen and oxygen atoms in total. The summed E-state index contributed by atoms with van der Waals surface area (Å²) in [5, 5.41) is 3.97. The van der Waals surface area contributed by atoms with Crippen molar-refractivity contribution >= 4 is 54.1 Å². The summed E-state index contributed by atoms with van der Waals surface area (Å²) >= 11 is 19.0. The lowest BCUT2D eigenvalue weighted by atomic mass is 9.77. The van der Waals surface area contributed by atoms with E-state index in [1.807, 2.05) is 52.0 Å². The summed E-state index contributed by atoms with van der Waals surface area (Å²) in [4.78, 5) is 12.9. The topological polar surface area (TPSA) is 56.8 Å². The standard InChI is InChI=1S/C30H29BCl3NO4/c1-29(2)30(3,4)39-31(38-29)19(13-18-14-20(32)15-26(33)27(18)34)16-35-28(36)37-17-25-23-11-7-5-9-21(23)22-10-6-8-12-24(22)25/h5-15,25H,16-17H2,1-4H3,(H,35,36). The van der Waals surface area contributed by atoms with Crippen LogP contribution in [0, 0.1) is 0 Å². The average molecular weight is 585 g/mol. The monoisotopic (exact) mass is 583 g/mol. The van der Waals surface area contributed by atoms with Crippen molar-refractivity contribution in [2.75, 3.05) is 13.2 Å². The van der Waals surface area contributed by atoms with E-state index in [1.165, 1.54) is 11.1 Å². The number of benzene rings is 3. The van der Waals surface area contributed by atoms with E-state index >= 15 is 0 Å². The first-order valence-corrected chi connectivity index (χ1v) is 13.9. The van der Waals surface area contributed by atoms with Crippen molar-refractivity contribution in [3.8, 4) is 11.1 Å². The number of fused-ring (bicyclic) bond motifs is 3. The second-order valence-corrected chi connectivity index (χ2v) is 12.0. The number of alkyl carbamates (subject to hydrolysis) is 1. The van der Waals surface area contributed by atoms with Crippen LogP contribution in [0.3, 0.4) is 0 Å². The maximum absolute atomic E-state index is 12.9. The molecule has 3 aromatic rings. The minimum Gasteiger partial charge on any atom is -0.449 e. The second-order valence-electron chi connectivity index (χ2n) is 10.8. The van der Waals surface area contributed by atoms with Gasteiger partial charge in [0.15, 0.2) is 0 Å². The average Bonchev–Trinajstić information content (AvgIpc) is 3.32. The molecular formula is C30H29BCl3NO4. The Morgan fingerprint density at radius 2 is 1.51 bits per heavy atom. The van der Waals surface area contributed by atoms with Gasteiger partial charge in [-0.3, -0.25) is 0 Å². The van der Waals surface area contributed by atoms with Crippen molar-refractivity contribution in [1.82, 2.24) is 5.32 Å². The van der Waals surface area contributed by atoms with Crippen LogP contribution >= 0.6 is 34.8 Å². The molecular weight excluding hydrogens is 556 g/mol. The molecule has 0 unspecified atom stereocenters. The molecule has 3 aromatic carbocycles. The number of carbonyl (C=O) groups excluding carboxylic acids is 1. The van der Waals surface area contributed by atoms with Crippen molar-refractivity contribution in [3.63, 3.8) is 0 Å². The zero-order valence-corrected chi connectivity index (χ0v) is 24.5. The van der Waals surface area contributed by atoms with Crippen molar-refractivity contribution in [3.05, 3.63) is 97.9 Å². The molecule has 1 N–H and O–H groups in total. The molecule has 0 bridgehead atoms. The summed E-state index contributed by atoms with van der Waals surface area (Å²) < 4.78 is 18.2. The third kappa shape index (κ3) is 5.59. The number of hydrogen-bond donors (Lipinski definition) is 1. The summed E-state index contributed by atoms with van der Waals surface area (Å²) in [6.07, 6.45) is 1.24. The molecule has 1 heterocycles. The van der Waals surface area contributed by atoms with E-state index < -0.39 is 24.4 Å². The highest BCUT2D eigenvalue weighted by Gasteiger charge is 2.52. The molecule has 1 amide bonds. The van der Waals surface area contributed by atoms with Crippen LogP contribution in [0.2, 0.25) is 15.1 Å². The van der Waals surface area contributed by atoms with Crippen LogP contribution in [-0.4, -0.2) is 37.6 Å². The Morgan fingerprint density at radius 3 is 2.10 bits per heavy atom. The van der Waals surface area contributed by atoms with Crippen molar-refractivity contribution in [2.45, 2.75) is 44.8 Å². The molecule has 0 saturated carbocycles. The summed E-state index contributed by atoms with van der Waals surface area (Å²) in [6.45, 7) is 8.18. The quantitative estimate of drug-likeness (QED) is 0.234. The van der Waals surface area contributed by atoms with Gasteiger partial charge in [0, 0.05) is 17.5 Å². The lowest BCUT2D eigenvalue weighted by molar-refractivity contribution is 0.00578. The van der Waals surface area contributed by atoms with Crippen LogP contribution in [-0.2, 0) is 14.0 Å². The zero-order valence-electron chi connectivity index (χ0n) is 22.2. The Kier molecular flexibility index (Phi) is 7.80. The fraction of sp³-hybridized carbons (Fsp3) is 0.300. The molecule has 0 radical (unpaired) electrons. The van der Waals surface area contributed by atoms with E-state index in [4.69, 9.17) is 48.8 Å². The van der Waals surface area contributed by atoms with Gasteiger partial charge in [0.05, 0.1) is 21.2 Å². The SMILES string of the molecule is CC1(C)OB(C(=Cc2cc(Cl)cc(Cl)c2Cl)CNC(=O)OCC2c3ccccc3-c3ccccc32)OC1(C)C. The van der Waals surface area contributed by atoms with Crippen LogP contribution in [0.1, 0.15) is 50.3 Å². The van der Waals surface area contributed by atoms with Crippen LogP contribution < -0.4 is 5.32 Å². The third-order valence-electron chi connectivity index (χ3n) is 7.70. The van der Waals surface area contributed by atoms with Crippen molar-refractivity contribution < 1.29 is 18.8 Å². The molecule has 5 rings (SSSR count). The van der Waals surface area contributed by atoms with Gasteiger partial charge in [-0.1, -0.05) is 89.4 Å². The van der Waals surface area contributed by atoms with Crippen LogP contribution in [0.4, 0.5) is 4.79 Å². The van der Waals surface area contributed by atoms with Gasteiger partial charge >= 0.3 is 13.2 Å². The van der Waals surface area contributed by atoms with Gasteiger partial charge in [0.2, 0.25) is 0 Å². The van der Waals surface area contributed by atoms with E-state index in [-0.39, 0.29) is 19.1 Å². The van der Waals surface area contributed by atoms with Gasteiger partial charge in [-0.25, -0.2) is 4.79 Å². The van der Waals surface area contributed by atoms with Gasteiger partial charge in [-0.15, -0.1) is 0 Å². The zero-order chi connectivity index (χ0) is 27.9. The van der Waals surface area contributed by atoms with Crippen molar-refractivity contribution in [2.24, 2.45) is 0 Å². The number of ether oxygens (including phenoxy) is 1. The van der Waals surface area contributed by atoms with E-state index in [9.17, 15) is 4.79 Å². The molecule has 1 saturated heterocycles. The number of rotatable bonds is 6. The molecule has 0 aromatic heterocycles. The van der Waals surface area contributed by atoms with Crippen LogP contribution in [0.5, 0.6) is 0 Å². The maximum atomic E-state index is 12.9. The Balaban J connectivity index is 1.33. The Hall–Kier alpha value is -2.48. The van der Waals surface area contributed by atoms with Crippen LogP contribution in [0.15, 0.2) is 66.1 Å². The molecule has 9 heteroatoms. The predicted octanol–water partition coefficient (Wildman–Crippen LogP) is 8.20. The van der Waals surface area contributed by atoms with Gasteiger partial charge in [0.25, 0.3) is 0 Å². The predicted molar refractivity (Wildman–Crippen MR) is 159 cm³/mol. The van der Waals surface area contributed by atoms with E-state index in [2.05, 4.69) is 29.6 Å². The van der Waals surface area contributed by atoms with Gasteiger partial charge in [0.1, 0.15) is 6.61 Å².